The van der Waals surface area contributed by atoms with Crippen molar-refractivity contribution in [1.82, 2.24) is 0 Å². The Balaban J connectivity index is 2.70. The van der Waals surface area contributed by atoms with E-state index in [-0.39, 0.29) is 17.9 Å². The second-order valence-corrected chi connectivity index (χ2v) is 7.05. The molecule has 7 nitrogen and oxygen atoms in total. The molecule has 1 aromatic carbocycles. The SMILES string of the molecule is CC(OC(=O)C(C)(C)C)OC(=O)[C@@](C)(N)Cc1ccc(O)c(O)c1. The lowest BCUT2D eigenvalue weighted by atomic mass is 9.94. The van der Waals surface area contributed by atoms with Crippen molar-refractivity contribution in [2.75, 3.05) is 0 Å². The fourth-order valence-electron chi connectivity index (χ4n) is 1.81. The van der Waals surface area contributed by atoms with Gasteiger partial charge in [-0.1, -0.05) is 6.07 Å². The van der Waals surface area contributed by atoms with Gasteiger partial charge in [-0.25, -0.2) is 4.79 Å². The van der Waals surface area contributed by atoms with Gasteiger partial charge in [0.25, 0.3) is 0 Å². The Labute approximate surface area is 141 Å². The Morgan fingerprint density at radius 1 is 1.08 bits per heavy atom. The van der Waals surface area contributed by atoms with Gasteiger partial charge in [-0.15, -0.1) is 0 Å². The van der Waals surface area contributed by atoms with Crippen LogP contribution in [0.15, 0.2) is 18.2 Å². The molecule has 0 heterocycles. The van der Waals surface area contributed by atoms with Gasteiger partial charge in [0.1, 0.15) is 5.54 Å². The smallest absolute Gasteiger partial charge is 0.329 e. The number of rotatable bonds is 5. The summed E-state index contributed by atoms with van der Waals surface area (Å²) in [4.78, 5) is 24.0. The molecule has 1 aromatic rings. The summed E-state index contributed by atoms with van der Waals surface area (Å²) >= 11 is 0. The van der Waals surface area contributed by atoms with Crippen molar-refractivity contribution in [3.63, 3.8) is 0 Å². The van der Waals surface area contributed by atoms with Crippen molar-refractivity contribution in [1.29, 1.82) is 0 Å². The minimum absolute atomic E-state index is 0.0691. The van der Waals surface area contributed by atoms with Crippen molar-refractivity contribution in [2.45, 2.75) is 52.9 Å². The molecule has 134 valence electrons. The highest BCUT2D eigenvalue weighted by Gasteiger charge is 2.33. The van der Waals surface area contributed by atoms with E-state index in [1.165, 1.54) is 32.0 Å². The second kappa shape index (κ2) is 7.09. The molecule has 0 aliphatic heterocycles. The quantitative estimate of drug-likeness (QED) is 0.425. The molecule has 0 amide bonds. The molecule has 0 radical (unpaired) electrons. The fourth-order valence-corrected chi connectivity index (χ4v) is 1.81. The summed E-state index contributed by atoms with van der Waals surface area (Å²) in [5.41, 5.74) is 4.42. The zero-order valence-corrected chi connectivity index (χ0v) is 14.6. The number of esters is 2. The van der Waals surface area contributed by atoms with Gasteiger partial charge < -0.3 is 25.4 Å². The summed E-state index contributed by atoms with van der Waals surface area (Å²) in [5, 5.41) is 18.8. The number of phenolic OH excluding ortho intramolecular Hbond substituents is 2. The molecule has 0 fully saturated rings. The molecule has 0 saturated heterocycles. The number of phenols is 2. The van der Waals surface area contributed by atoms with Gasteiger partial charge in [0.15, 0.2) is 11.5 Å². The van der Waals surface area contributed by atoms with E-state index in [2.05, 4.69) is 0 Å². The highest BCUT2D eigenvalue weighted by Crippen LogP contribution is 2.26. The number of hydrogen-bond acceptors (Lipinski definition) is 7. The molecule has 1 rings (SSSR count). The van der Waals surface area contributed by atoms with Gasteiger partial charge >= 0.3 is 11.9 Å². The van der Waals surface area contributed by atoms with Crippen LogP contribution in [0.3, 0.4) is 0 Å². The van der Waals surface area contributed by atoms with Gasteiger partial charge in [0.05, 0.1) is 5.41 Å². The van der Waals surface area contributed by atoms with Crippen molar-refractivity contribution < 1.29 is 29.3 Å². The topological polar surface area (TPSA) is 119 Å². The summed E-state index contributed by atoms with van der Waals surface area (Å²) in [5.74, 6) is -1.80. The highest BCUT2D eigenvalue weighted by atomic mass is 16.7. The summed E-state index contributed by atoms with van der Waals surface area (Å²) < 4.78 is 10.1. The first-order chi connectivity index (χ1) is 10.8. The van der Waals surface area contributed by atoms with E-state index in [0.29, 0.717) is 5.56 Å². The van der Waals surface area contributed by atoms with E-state index < -0.39 is 29.2 Å². The van der Waals surface area contributed by atoms with Crippen LogP contribution in [0.1, 0.15) is 40.2 Å². The van der Waals surface area contributed by atoms with Crippen molar-refractivity contribution in [3.05, 3.63) is 23.8 Å². The largest absolute Gasteiger partial charge is 0.504 e. The number of carbonyl (C=O) groups is 2. The van der Waals surface area contributed by atoms with E-state index in [0.717, 1.165) is 0 Å². The molecule has 24 heavy (non-hydrogen) atoms. The Morgan fingerprint density at radius 3 is 2.12 bits per heavy atom. The molecule has 0 bridgehead atoms. The van der Waals surface area contributed by atoms with Gasteiger partial charge in [0, 0.05) is 13.3 Å². The van der Waals surface area contributed by atoms with E-state index in [1.807, 2.05) is 0 Å². The molecule has 0 aliphatic rings. The predicted molar refractivity (Wildman–Crippen MR) is 87.2 cm³/mol. The maximum absolute atomic E-state index is 12.2. The van der Waals surface area contributed by atoms with Crippen LogP contribution in [0.5, 0.6) is 11.5 Å². The van der Waals surface area contributed by atoms with Crippen LogP contribution < -0.4 is 5.73 Å². The van der Waals surface area contributed by atoms with Crippen LogP contribution in [0.2, 0.25) is 0 Å². The summed E-state index contributed by atoms with van der Waals surface area (Å²) in [6, 6.07) is 4.16. The first-order valence-electron chi connectivity index (χ1n) is 7.55. The molecular formula is C17H25NO6. The standard InChI is InChI=1S/C17H25NO6/c1-10(23-14(21)16(2,3)4)24-15(22)17(5,18)9-11-6-7-12(19)13(20)8-11/h6-8,10,19-20H,9,18H2,1-5H3/t10?,17-/m0/s1. The monoisotopic (exact) mass is 339 g/mol. The molecular weight excluding hydrogens is 314 g/mol. The normalized spacial score (nSPS) is 15.2. The first-order valence-corrected chi connectivity index (χ1v) is 7.55. The molecule has 4 N–H and O–H groups in total. The number of benzene rings is 1. The zero-order valence-electron chi connectivity index (χ0n) is 14.6. The predicted octanol–water partition coefficient (Wildman–Crippen LogP) is 1.84. The highest BCUT2D eigenvalue weighted by molar-refractivity contribution is 5.81. The molecule has 0 aromatic heterocycles. The molecule has 0 aliphatic carbocycles. The molecule has 1 unspecified atom stereocenters. The van der Waals surface area contributed by atoms with Crippen LogP contribution in [0.25, 0.3) is 0 Å². The molecule has 2 atom stereocenters. The maximum atomic E-state index is 12.2. The summed E-state index contributed by atoms with van der Waals surface area (Å²) in [6.07, 6.45) is -1.00. The minimum atomic E-state index is -1.40. The third-order valence-corrected chi connectivity index (χ3v) is 3.24. The Kier molecular flexibility index (Phi) is 5.84. The van der Waals surface area contributed by atoms with Gasteiger partial charge in [-0.3, -0.25) is 4.79 Å². The van der Waals surface area contributed by atoms with Crippen LogP contribution in [-0.2, 0) is 25.5 Å². The van der Waals surface area contributed by atoms with E-state index in [1.54, 1.807) is 20.8 Å². The molecule has 7 heteroatoms. The van der Waals surface area contributed by atoms with Gasteiger partial charge in [-0.2, -0.15) is 0 Å². The van der Waals surface area contributed by atoms with E-state index in [4.69, 9.17) is 15.2 Å². The van der Waals surface area contributed by atoms with Crippen LogP contribution in [0.4, 0.5) is 0 Å². The van der Waals surface area contributed by atoms with Gasteiger partial charge in [0.2, 0.25) is 6.29 Å². The zero-order chi connectivity index (χ0) is 18.7. The molecule has 0 saturated carbocycles. The second-order valence-electron chi connectivity index (χ2n) is 7.05. The number of hydrogen-bond donors (Lipinski definition) is 3. The van der Waals surface area contributed by atoms with Gasteiger partial charge in [-0.05, 0) is 45.4 Å². The number of carbonyl (C=O) groups excluding carboxylic acids is 2. The van der Waals surface area contributed by atoms with Crippen LogP contribution in [0, 0.1) is 5.41 Å². The van der Waals surface area contributed by atoms with E-state index in [9.17, 15) is 19.8 Å². The number of nitrogens with two attached hydrogens (primary N) is 1. The average Bonchev–Trinajstić information content (AvgIpc) is 2.41. The fraction of sp³-hybridized carbons (Fsp3) is 0.529. The third kappa shape index (κ3) is 5.42. The van der Waals surface area contributed by atoms with Crippen molar-refractivity contribution in [2.24, 2.45) is 11.1 Å². The lowest BCUT2D eigenvalue weighted by Crippen LogP contribution is -2.49. The van der Waals surface area contributed by atoms with Crippen molar-refractivity contribution in [3.8, 4) is 11.5 Å². The Bertz CT molecular complexity index is 618. The van der Waals surface area contributed by atoms with Crippen LogP contribution >= 0.6 is 0 Å². The lowest BCUT2D eigenvalue weighted by Gasteiger charge is -2.26. The van der Waals surface area contributed by atoms with Crippen molar-refractivity contribution >= 4 is 11.9 Å². The summed E-state index contributed by atoms with van der Waals surface area (Å²) in [6.45, 7) is 7.97. The number of ether oxygens (including phenoxy) is 2. The van der Waals surface area contributed by atoms with Crippen LogP contribution in [-0.4, -0.2) is 34.0 Å². The summed E-state index contributed by atoms with van der Waals surface area (Å²) in [7, 11) is 0. The average molecular weight is 339 g/mol. The first kappa shape index (κ1) is 19.8. The minimum Gasteiger partial charge on any atom is -0.504 e. The Morgan fingerprint density at radius 2 is 1.62 bits per heavy atom. The van der Waals surface area contributed by atoms with E-state index >= 15 is 0 Å². The number of aromatic hydroxyl groups is 2. The third-order valence-electron chi connectivity index (χ3n) is 3.24. The lowest BCUT2D eigenvalue weighted by molar-refractivity contribution is -0.193. The molecule has 0 spiro atoms. The maximum Gasteiger partial charge on any atom is 0.329 e. The Hall–Kier alpha value is -2.28.